The molecule has 12 heteroatoms. The van der Waals surface area contributed by atoms with Gasteiger partial charge in [-0.2, -0.15) is 5.06 Å². The molecule has 0 unspecified atom stereocenters. The minimum Gasteiger partial charge on any atom is -0.453 e. The van der Waals surface area contributed by atoms with E-state index in [1.165, 1.54) is 12.2 Å². The summed E-state index contributed by atoms with van der Waals surface area (Å²) in [6.45, 7) is 14.1. The van der Waals surface area contributed by atoms with Gasteiger partial charge in [0, 0.05) is 44.2 Å². The number of nitrogens with two attached hydrogens (primary N) is 1. The molecule has 11 nitrogen and oxygen atoms in total. The molecule has 0 radical (unpaired) electrons. The summed E-state index contributed by atoms with van der Waals surface area (Å²) in [5.74, 6) is 0.850. The second-order valence-electron chi connectivity index (χ2n) is 13.1. The van der Waals surface area contributed by atoms with Crippen LogP contribution in [0.3, 0.4) is 0 Å². The van der Waals surface area contributed by atoms with Gasteiger partial charge in [-0.15, -0.1) is 0 Å². The Hall–Kier alpha value is -3.87. The molecular weight excluding hydrogens is 590 g/mol. The molecule has 3 aromatic rings. The van der Waals surface area contributed by atoms with Gasteiger partial charge in [0.25, 0.3) is 0 Å². The van der Waals surface area contributed by atoms with Crippen molar-refractivity contribution in [1.29, 1.82) is 0 Å². The summed E-state index contributed by atoms with van der Waals surface area (Å²) in [4.78, 5) is 35.3. The quantitative estimate of drug-likeness (QED) is 0.0766. The summed E-state index contributed by atoms with van der Waals surface area (Å²) >= 11 is 0. The SMILES string of the molecule is COC(=O)Nc1ccc(-c2cn(COCC[Si](C)(C)C)c(CCCCN(OCc3ccccc3)C(=O)OC(C)(C)C)n2)c(N)c1. The number of methoxy groups -OCH3 is 1. The van der Waals surface area contributed by atoms with Crippen molar-refractivity contribution in [3.05, 3.63) is 66.1 Å². The average molecular weight is 640 g/mol. The van der Waals surface area contributed by atoms with E-state index in [1.807, 2.05) is 67.9 Å². The van der Waals surface area contributed by atoms with Gasteiger partial charge in [-0.05, 0) is 63.4 Å². The number of benzene rings is 2. The van der Waals surface area contributed by atoms with Crippen molar-refractivity contribution in [1.82, 2.24) is 14.6 Å². The summed E-state index contributed by atoms with van der Waals surface area (Å²) < 4.78 is 18.3. The zero-order valence-electron chi connectivity index (χ0n) is 27.7. The summed E-state index contributed by atoms with van der Waals surface area (Å²) in [7, 11) is 0.0719. The van der Waals surface area contributed by atoms with Crippen LogP contribution >= 0.6 is 0 Å². The first-order valence-corrected chi connectivity index (χ1v) is 19.0. The van der Waals surface area contributed by atoms with Gasteiger partial charge >= 0.3 is 12.2 Å². The van der Waals surface area contributed by atoms with Gasteiger partial charge in [0.15, 0.2) is 0 Å². The molecule has 3 N–H and O–H groups in total. The van der Waals surface area contributed by atoms with Crippen LogP contribution in [0.1, 0.15) is 45.0 Å². The normalized spacial score (nSPS) is 11.7. The zero-order chi connectivity index (χ0) is 33.0. The first-order chi connectivity index (χ1) is 21.2. The van der Waals surface area contributed by atoms with E-state index in [4.69, 9.17) is 25.0 Å². The van der Waals surface area contributed by atoms with E-state index in [9.17, 15) is 9.59 Å². The van der Waals surface area contributed by atoms with Crippen molar-refractivity contribution in [3.63, 3.8) is 0 Å². The number of rotatable bonds is 15. The van der Waals surface area contributed by atoms with Crippen LogP contribution in [0.4, 0.5) is 21.0 Å². The highest BCUT2D eigenvalue weighted by Crippen LogP contribution is 2.29. The fourth-order valence-corrected chi connectivity index (χ4v) is 5.02. The van der Waals surface area contributed by atoms with Gasteiger partial charge < -0.3 is 24.5 Å². The molecule has 1 heterocycles. The Labute approximate surface area is 268 Å². The molecule has 0 atom stereocenters. The number of hydrogen-bond acceptors (Lipinski definition) is 8. The molecule has 0 fully saturated rings. The molecule has 0 saturated carbocycles. The number of hydroxylamine groups is 2. The molecule has 246 valence electrons. The lowest BCUT2D eigenvalue weighted by molar-refractivity contribution is -0.156. The molecule has 0 aliphatic carbocycles. The Morgan fingerprint density at radius 2 is 1.80 bits per heavy atom. The van der Waals surface area contributed by atoms with E-state index >= 15 is 0 Å². The van der Waals surface area contributed by atoms with Crippen LogP contribution in [-0.4, -0.2) is 60.7 Å². The number of anilines is 2. The van der Waals surface area contributed by atoms with Crippen molar-refractivity contribution in [2.45, 2.75) is 84.7 Å². The maximum atomic E-state index is 12.9. The molecule has 2 amide bonds. The Kier molecular flexibility index (Phi) is 13.0. The Balaban J connectivity index is 1.71. The highest BCUT2D eigenvalue weighted by molar-refractivity contribution is 6.76. The van der Waals surface area contributed by atoms with Gasteiger partial charge in [-0.3, -0.25) is 10.2 Å². The molecule has 0 bridgehead atoms. The maximum Gasteiger partial charge on any atom is 0.434 e. The number of carbonyl (C=O) groups excluding carboxylic acids is 2. The number of nitrogen functional groups attached to an aromatic ring is 1. The fourth-order valence-electron chi connectivity index (χ4n) is 4.27. The van der Waals surface area contributed by atoms with Gasteiger partial charge in [-0.25, -0.2) is 14.6 Å². The van der Waals surface area contributed by atoms with Crippen LogP contribution < -0.4 is 11.1 Å². The van der Waals surface area contributed by atoms with E-state index < -0.39 is 25.9 Å². The Bertz CT molecular complexity index is 1380. The third-order valence-electron chi connectivity index (χ3n) is 6.68. The molecule has 0 aliphatic rings. The standard InChI is InChI=1S/C33H49N5O6Si/c1-33(2,3)44-32(40)38(43-23-25-13-9-8-10-14-25)18-12-11-15-30-36-29(22-37(30)24-42-19-20-45(5,6)7)27-17-16-26(21-28(27)34)35-31(39)41-4/h8-10,13-14,16-17,21-22H,11-12,15,18-20,23-24,34H2,1-7H3,(H,35,39). The Morgan fingerprint density at radius 1 is 1.07 bits per heavy atom. The monoisotopic (exact) mass is 639 g/mol. The van der Waals surface area contributed by atoms with Crippen LogP contribution in [-0.2, 0) is 38.8 Å². The first kappa shape index (κ1) is 35.6. The van der Waals surface area contributed by atoms with Crippen molar-refractivity contribution in [3.8, 4) is 11.3 Å². The van der Waals surface area contributed by atoms with Crippen molar-refractivity contribution < 1.29 is 28.6 Å². The zero-order valence-corrected chi connectivity index (χ0v) is 28.7. The van der Waals surface area contributed by atoms with Crippen molar-refractivity contribution in [2.24, 2.45) is 0 Å². The molecule has 0 aliphatic heterocycles. The highest BCUT2D eigenvalue weighted by Gasteiger charge is 2.23. The summed E-state index contributed by atoms with van der Waals surface area (Å²) in [5, 5.41) is 3.93. The number of imidazole rings is 1. The Morgan fingerprint density at radius 3 is 2.44 bits per heavy atom. The topological polar surface area (TPSA) is 130 Å². The number of ether oxygens (including phenoxy) is 3. The average Bonchev–Trinajstić information content (AvgIpc) is 3.36. The fraction of sp³-hybridized carbons (Fsp3) is 0.485. The predicted molar refractivity (Wildman–Crippen MR) is 179 cm³/mol. The second-order valence-corrected chi connectivity index (χ2v) is 18.7. The van der Waals surface area contributed by atoms with Crippen LogP contribution in [0, 0.1) is 0 Å². The highest BCUT2D eigenvalue weighted by atomic mass is 28.3. The maximum absolute atomic E-state index is 12.9. The van der Waals surface area contributed by atoms with Gasteiger partial charge in [0.1, 0.15) is 24.8 Å². The molecule has 45 heavy (non-hydrogen) atoms. The van der Waals surface area contributed by atoms with E-state index in [0.717, 1.165) is 29.4 Å². The number of unbranched alkanes of at least 4 members (excludes halogenated alkanes) is 1. The molecule has 3 rings (SSSR count). The van der Waals surface area contributed by atoms with Gasteiger partial charge in [-0.1, -0.05) is 50.0 Å². The van der Waals surface area contributed by atoms with E-state index in [-0.39, 0.29) is 6.61 Å². The van der Waals surface area contributed by atoms with Crippen LogP contribution in [0.2, 0.25) is 25.7 Å². The third kappa shape index (κ3) is 12.6. The predicted octanol–water partition coefficient (Wildman–Crippen LogP) is 7.31. The number of aryl methyl sites for hydroxylation is 1. The lowest BCUT2D eigenvalue weighted by Crippen LogP contribution is -2.37. The molecule has 0 saturated heterocycles. The number of hydrogen-bond donors (Lipinski definition) is 2. The lowest BCUT2D eigenvalue weighted by Gasteiger charge is -2.26. The summed E-state index contributed by atoms with van der Waals surface area (Å²) in [5.41, 5.74) is 9.15. The first-order valence-electron chi connectivity index (χ1n) is 15.3. The van der Waals surface area contributed by atoms with Crippen LogP contribution in [0.15, 0.2) is 54.7 Å². The molecule has 2 aromatic carbocycles. The summed E-state index contributed by atoms with van der Waals surface area (Å²) in [6, 6.07) is 16.0. The number of carbonyl (C=O) groups is 2. The number of nitrogens with zero attached hydrogens (tertiary/aromatic N) is 3. The van der Waals surface area contributed by atoms with E-state index in [0.29, 0.717) is 49.8 Å². The summed E-state index contributed by atoms with van der Waals surface area (Å²) in [6.07, 6.45) is 2.93. The van der Waals surface area contributed by atoms with Gasteiger partial charge in [0.2, 0.25) is 0 Å². The van der Waals surface area contributed by atoms with Gasteiger partial charge in [0.05, 0.1) is 19.3 Å². The van der Waals surface area contributed by atoms with E-state index in [2.05, 4.69) is 29.7 Å². The van der Waals surface area contributed by atoms with E-state index in [1.54, 1.807) is 12.1 Å². The molecule has 1 aromatic heterocycles. The lowest BCUT2D eigenvalue weighted by atomic mass is 10.1. The number of amides is 2. The largest absolute Gasteiger partial charge is 0.453 e. The van der Waals surface area contributed by atoms with Crippen molar-refractivity contribution in [2.75, 3.05) is 31.3 Å². The minimum atomic E-state index is -1.23. The smallest absolute Gasteiger partial charge is 0.434 e. The third-order valence-corrected chi connectivity index (χ3v) is 8.39. The van der Waals surface area contributed by atoms with Crippen molar-refractivity contribution >= 4 is 31.6 Å². The number of nitrogens with one attached hydrogen (secondary N) is 1. The number of aromatic nitrogens is 2. The molecular formula is C33H49N5O6Si. The molecule has 0 spiro atoms. The second kappa shape index (κ2) is 16.4. The minimum absolute atomic E-state index is 0.262. The van der Waals surface area contributed by atoms with Crippen LogP contribution in [0.25, 0.3) is 11.3 Å². The van der Waals surface area contributed by atoms with Crippen LogP contribution in [0.5, 0.6) is 0 Å².